The van der Waals surface area contributed by atoms with Gasteiger partial charge in [-0.1, -0.05) is 48.3 Å². The van der Waals surface area contributed by atoms with E-state index >= 15 is 0 Å². The Morgan fingerprint density at radius 3 is 2.60 bits per heavy atom. The van der Waals surface area contributed by atoms with Gasteiger partial charge >= 0.3 is 0 Å². The van der Waals surface area contributed by atoms with Crippen LogP contribution in [0.25, 0.3) is 0 Å². The zero-order chi connectivity index (χ0) is 14.5. The molecule has 0 aliphatic rings. The Bertz CT molecular complexity index is 567. The third-order valence-electron chi connectivity index (χ3n) is 3.41. The maximum Gasteiger partial charge on any atom is 0.0640 e. The predicted octanol–water partition coefficient (Wildman–Crippen LogP) is 4.45. The lowest BCUT2D eigenvalue weighted by Gasteiger charge is -2.18. The van der Waals surface area contributed by atoms with Gasteiger partial charge in [-0.3, -0.25) is 4.98 Å². The molecule has 1 unspecified atom stereocenters. The topological polar surface area (TPSA) is 24.9 Å². The smallest absolute Gasteiger partial charge is 0.0640 e. The molecule has 1 heterocycles. The van der Waals surface area contributed by atoms with Crippen molar-refractivity contribution in [2.45, 2.75) is 25.8 Å². The molecule has 4 heteroatoms. The quantitative estimate of drug-likeness (QED) is 0.882. The molecule has 0 spiro atoms. The van der Waals surface area contributed by atoms with Crippen LogP contribution in [0.5, 0.6) is 0 Å². The molecule has 2 nitrogen and oxygen atoms in total. The second-order valence-electron chi connectivity index (χ2n) is 4.70. The van der Waals surface area contributed by atoms with Crippen LogP contribution in [-0.4, -0.2) is 12.0 Å². The highest BCUT2D eigenvalue weighted by molar-refractivity contribution is 6.42. The number of halogens is 2. The van der Waals surface area contributed by atoms with Gasteiger partial charge in [0.15, 0.2) is 0 Å². The number of nitrogens with zero attached hydrogens (tertiary/aromatic N) is 1. The fraction of sp³-hybridized carbons (Fsp3) is 0.312. The third kappa shape index (κ3) is 3.51. The van der Waals surface area contributed by atoms with Gasteiger partial charge in [-0.2, -0.15) is 0 Å². The van der Waals surface area contributed by atoms with E-state index < -0.39 is 0 Å². The molecule has 1 N–H and O–H groups in total. The summed E-state index contributed by atoms with van der Waals surface area (Å²) in [6.07, 6.45) is 3.71. The molecular weight excluding hydrogens is 291 g/mol. The highest BCUT2D eigenvalue weighted by atomic mass is 35.5. The number of nitrogens with one attached hydrogen (secondary N) is 1. The van der Waals surface area contributed by atoms with E-state index in [0.717, 1.165) is 24.1 Å². The molecule has 0 amide bonds. The van der Waals surface area contributed by atoms with Gasteiger partial charge in [-0.25, -0.2) is 0 Å². The third-order valence-corrected chi connectivity index (χ3v) is 4.25. The predicted molar refractivity (Wildman–Crippen MR) is 85.6 cm³/mol. The van der Waals surface area contributed by atoms with Gasteiger partial charge in [-0.15, -0.1) is 0 Å². The van der Waals surface area contributed by atoms with E-state index in [1.807, 2.05) is 25.4 Å². The molecule has 1 aromatic heterocycles. The van der Waals surface area contributed by atoms with Crippen molar-refractivity contribution in [1.82, 2.24) is 10.3 Å². The van der Waals surface area contributed by atoms with Crippen molar-refractivity contribution in [3.63, 3.8) is 0 Å². The number of hydrogen-bond acceptors (Lipinski definition) is 2. The summed E-state index contributed by atoms with van der Waals surface area (Å²) in [5.41, 5.74) is 3.29. The zero-order valence-electron chi connectivity index (χ0n) is 11.7. The summed E-state index contributed by atoms with van der Waals surface area (Å²) in [6, 6.07) is 10.0. The van der Waals surface area contributed by atoms with Crippen molar-refractivity contribution in [3.05, 3.63) is 63.4 Å². The Labute approximate surface area is 130 Å². The van der Waals surface area contributed by atoms with Crippen molar-refractivity contribution in [2.24, 2.45) is 0 Å². The van der Waals surface area contributed by atoms with Crippen molar-refractivity contribution in [3.8, 4) is 0 Å². The fourth-order valence-corrected chi connectivity index (χ4v) is 2.59. The number of benzene rings is 1. The van der Waals surface area contributed by atoms with Crippen LogP contribution in [0.2, 0.25) is 10.0 Å². The van der Waals surface area contributed by atoms with Crippen LogP contribution in [-0.2, 0) is 12.8 Å². The van der Waals surface area contributed by atoms with Crippen LogP contribution in [0.1, 0.15) is 29.8 Å². The highest BCUT2D eigenvalue weighted by Crippen LogP contribution is 2.31. The minimum Gasteiger partial charge on any atom is -0.313 e. The Balaban J connectivity index is 2.21. The molecule has 0 fully saturated rings. The number of hydrogen-bond donors (Lipinski definition) is 1. The molecule has 0 aliphatic heterocycles. The Morgan fingerprint density at radius 2 is 2.00 bits per heavy atom. The lowest BCUT2D eigenvalue weighted by atomic mass is 10.0. The van der Waals surface area contributed by atoms with E-state index in [-0.39, 0.29) is 6.04 Å². The summed E-state index contributed by atoms with van der Waals surface area (Å²) >= 11 is 12.4. The Kier molecular flexibility index (Phi) is 5.41. The van der Waals surface area contributed by atoms with E-state index in [2.05, 4.69) is 29.4 Å². The van der Waals surface area contributed by atoms with Gasteiger partial charge in [0.2, 0.25) is 0 Å². The molecule has 0 aliphatic carbocycles. The van der Waals surface area contributed by atoms with Gasteiger partial charge in [0, 0.05) is 24.4 Å². The molecule has 0 bridgehead atoms. The minimum atomic E-state index is 0.0983. The molecule has 2 rings (SSSR count). The summed E-state index contributed by atoms with van der Waals surface area (Å²) in [7, 11) is 1.92. The second kappa shape index (κ2) is 7.07. The summed E-state index contributed by atoms with van der Waals surface area (Å²) < 4.78 is 0. The van der Waals surface area contributed by atoms with Crippen LogP contribution < -0.4 is 5.32 Å². The van der Waals surface area contributed by atoms with Crippen molar-refractivity contribution in [1.29, 1.82) is 0 Å². The van der Waals surface area contributed by atoms with Crippen molar-refractivity contribution >= 4 is 23.2 Å². The normalized spacial score (nSPS) is 12.4. The highest BCUT2D eigenvalue weighted by Gasteiger charge is 2.15. The summed E-state index contributed by atoms with van der Waals surface area (Å²) in [6.45, 7) is 2.12. The molecule has 2 aromatic rings. The van der Waals surface area contributed by atoms with Crippen LogP contribution in [0.4, 0.5) is 0 Å². The number of rotatable bonds is 5. The van der Waals surface area contributed by atoms with Crippen molar-refractivity contribution in [2.75, 3.05) is 7.05 Å². The maximum absolute atomic E-state index is 6.29. The van der Waals surface area contributed by atoms with Gasteiger partial charge in [-0.05, 0) is 36.7 Å². The van der Waals surface area contributed by atoms with E-state index in [0.29, 0.717) is 10.0 Å². The molecule has 106 valence electrons. The second-order valence-corrected chi connectivity index (χ2v) is 5.48. The Hall–Kier alpha value is -1.09. The molecule has 0 saturated heterocycles. The van der Waals surface area contributed by atoms with Crippen LogP contribution in [0.3, 0.4) is 0 Å². The van der Waals surface area contributed by atoms with Gasteiger partial charge in [0.1, 0.15) is 0 Å². The molecule has 0 saturated carbocycles. The first kappa shape index (κ1) is 15.3. The molecule has 20 heavy (non-hydrogen) atoms. The first-order valence-electron chi connectivity index (χ1n) is 6.70. The molecule has 1 atom stereocenters. The lowest BCUT2D eigenvalue weighted by molar-refractivity contribution is 0.584. The molecular formula is C16H18Cl2N2. The number of pyridine rings is 1. The number of likely N-dealkylation sites (N-methyl/N-ethyl adjacent to an activating group) is 1. The summed E-state index contributed by atoms with van der Waals surface area (Å²) in [5.74, 6) is 0. The largest absolute Gasteiger partial charge is 0.313 e. The van der Waals surface area contributed by atoms with Gasteiger partial charge in [0.25, 0.3) is 0 Å². The fourth-order valence-electron chi connectivity index (χ4n) is 2.15. The first-order valence-corrected chi connectivity index (χ1v) is 7.46. The van der Waals surface area contributed by atoms with E-state index in [1.54, 1.807) is 6.07 Å². The Morgan fingerprint density at radius 1 is 1.20 bits per heavy atom. The number of aromatic nitrogens is 1. The maximum atomic E-state index is 6.29. The van der Waals surface area contributed by atoms with Crippen LogP contribution >= 0.6 is 23.2 Å². The van der Waals surface area contributed by atoms with Gasteiger partial charge in [0.05, 0.1) is 10.0 Å². The SMILES string of the molecule is CCc1ccc(CC(NC)c2cccc(Cl)c2Cl)nc1. The molecule has 1 aromatic carbocycles. The van der Waals surface area contributed by atoms with Gasteiger partial charge < -0.3 is 5.32 Å². The first-order chi connectivity index (χ1) is 9.65. The summed E-state index contributed by atoms with van der Waals surface area (Å²) in [5, 5.41) is 4.47. The average molecular weight is 309 g/mol. The minimum absolute atomic E-state index is 0.0983. The average Bonchev–Trinajstić information content (AvgIpc) is 2.48. The van der Waals surface area contributed by atoms with E-state index in [9.17, 15) is 0 Å². The zero-order valence-corrected chi connectivity index (χ0v) is 13.2. The van der Waals surface area contributed by atoms with Crippen molar-refractivity contribution < 1.29 is 0 Å². The van der Waals surface area contributed by atoms with Crippen LogP contribution in [0, 0.1) is 0 Å². The lowest BCUT2D eigenvalue weighted by Crippen LogP contribution is -2.19. The van der Waals surface area contributed by atoms with E-state index in [1.165, 1.54) is 5.56 Å². The number of aryl methyl sites for hydroxylation is 1. The van der Waals surface area contributed by atoms with Crippen LogP contribution in [0.15, 0.2) is 36.5 Å². The molecule has 0 radical (unpaired) electrons. The monoisotopic (exact) mass is 308 g/mol. The summed E-state index contributed by atoms with van der Waals surface area (Å²) in [4.78, 5) is 4.50. The standard InChI is InChI=1S/C16H18Cl2N2/c1-3-11-7-8-12(20-10-11)9-15(19-2)13-5-4-6-14(17)16(13)18/h4-8,10,15,19H,3,9H2,1-2H3. The van der Waals surface area contributed by atoms with E-state index in [4.69, 9.17) is 23.2 Å².